The van der Waals surface area contributed by atoms with Crippen LogP contribution in [-0.2, 0) is 4.79 Å². The molecule has 18 heavy (non-hydrogen) atoms. The van der Waals surface area contributed by atoms with Crippen LogP contribution in [0, 0.1) is 0 Å². The van der Waals surface area contributed by atoms with E-state index in [9.17, 15) is 4.79 Å². The number of nitrogens with zero attached hydrogens (tertiary/aromatic N) is 1. The van der Waals surface area contributed by atoms with Gasteiger partial charge in [-0.3, -0.25) is 4.79 Å². The van der Waals surface area contributed by atoms with E-state index in [4.69, 9.17) is 18.0 Å². The van der Waals surface area contributed by atoms with Crippen LogP contribution in [0.4, 0.5) is 0 Å². The van der Waals surface area contributed by atoms with Crippen molar-refractivity contribution in [3.63, 3.8) is 0 Å². The number of thioether (sulfide) groups is 1. The largest absolute Gasteiger partial charge is 0.368 e. The van der Waals surface area contributed by atoms with Crippen LogP contribution >= 0.6 is 24.0 Å². The first-order valence-corrected chi connectivity index (χ1v) is 7.18. The predicted molar refractivity (Wildman–Crippen MR) is 81.5 cm³/mol. The number of hydrogen-bond donors (Lipinski definition) is 1. The molecule has 0 aliphatic carbocycles. The maximum Gasteiger partial charge on any atom is 0.235 e. The summed E-state index contributed by atoms with van der Waals surface area (Å²) in [6.45, 7) is 5.75. The molecular formula is C13H18N2OS2. The Hall–Kier alpha value is -1.07. The first-order chi connectivity index (χ1) is 8.60. The summed E-state index contributed by atoms with van der Waals surface area (Å²) in [6, 6.07) is 9.49. The quantitative estimate of drug-likeness (QED) is 0.843. The first kappa shape index (κ1) is 15.0. The van der Waals surface area contributed by atoms with Crippen molar-refractivity contribution in [1.29, 1.82) is 0 Å². The highest BCUT2D eigenvalue weighted by Crippen LogP contribution is 2.30. The van der Waals surface area contributed by atoms with Gasteiger partial charge in [0, 0.05) is 13.1 Å². The molecule has 1 amide bonds. The minimum Gasteiger partial charge on any atom is -0.368 e. The summed E-state index contributed by atoms with van der Waals surface area (Å²) in [6.07, 6.45) is 0. The average molecular weight is 282 g/mol. The fourth-order valence-corrected chi connectivity index (χ4v) is 3.14. The summed E-state index contributed by atoms with van der Waals surface area (Å²) in [7, 11) is 0. The fourth-order valence-electron chi connectivity index (χ4n) is 1.58. The van der Waals surface area contributed by atoms with E-state index in [2.05, 4.69) is 0 Å². The molecule has 0 heterocycles. The molecule has 5 heteroatoms. The van der Waals surface area contributed by atoms with Crippen molar-refractivity contribution in [2.75, 3.05) is 13.1 Å². The van der Waals surface area contributed by atoms with Gasteiger partial charge in [0.1, 0.15) is 9.57 Å². The fraction of sp³-hybridized carbons (Fsp3) is 0.385. The maximum absolute atomic E-state index is 11.6. The topological polar surface area (TPSA) is 46.3 Å². The highest BCUT2D eigenvalue weighted by Gasteiger charge is 2.22. The van der Waals surface area contributed by atoms with Gasteiger partial charge in [-0.15, -0.1) is 0 Å². The zero-order chi connectivity index (χ0) is 13.5. The Bertz CT molecular complexity index is 405. The minimum absolute atomic E-state index is 0.360. The van der Waals surface area contributed by atoms with E-state index in [-0.39, 0.29) is 5.91 Å². The predicted octanol–water partition coefficient (Wildman–Crippen LogP) is 2.57. The Kier molecular flexibility index (Phi) is 6.15. The standard InChI is InChI=1S/C13H18N2OS2/c1-3-15(4-2)13(17)18-11(12(14)16)10-8-6-5-7-9-10/h5-9,11H,3-4H2,1-2H3,(H2,14,16)/t11-/m0/s1. The van der Waals surface area contributed by atoms with E-state index in [1.165, 1.54) is 11.8 Å². The van der Waals surface area contributed by atoms with E-state index in [1.807, 2.05) is 49.1 Å². The highest BCUT2D eigenvalue weighted by atomic mass is 32.2. The third kappa shape index (κ3) is 3.99. The van der Waals surface area contributed by atoms with E-state index in [0.717, 1.165) is 18.7 Å². The average Bonchev–Trinajstić information content (AvgIpc) is 2.38. The molecule has 0 spiro atoms. The third-order valence-corrected chi connectivity index (χ3v) is 4.35. The molecule has 0 bridgehead atoms. The second-order valence-electron chi connectivity index (χ2n) is 3.75. The Morgan fingerprint density at radius 3 is 2.33 bits per heavy atom. The molecule has 1 aromatic rings. The molecule has 0 saturated carbocycles. The van der Waals surface area contributed by atoms with Gasteiger partial charge < -0.3 is 10.6 Å². The van der Waals surface area contributed by atoms with Crippen molar-refractivity contribution in [1.82, 2.24) is 4.90 Å². The van der Waals surface area contributed by atoms with Gasteiger partial charge in [0.05, 0.1) is 0 Å². The summed E-state index contributed by atoms with van der Waals surface area (Å²) in [5.41, 5.74) is 6.36. The number of primary amides is 1. The molecule has 3 nitrogen and oxygen atoms in total. The van der Waals surface area contributed by atoms with Gasteiger partial charge in [-0.1, -0.05) is 54.3 Å². The molecular weight excluding hydrogens is 264 g/mol. The third-order valence-electron chi connectivity index (χ3n) is 2.60. The van der Waals surface area contributed by atoms with Gasteiger partial charge >= 0.3 is 0 Å². The van der Waals surface area contributed by atoms with Crippen LogP contribution in [0.1, 0.15) is 24.7 Å². The lowest BCUT2D eigenvalue weighted by Gasteiger charge is -2.23. The van der Waals surface area contributed by atoms with Crippen LogP contribution in [0.2, 0.25) is 0 Å². The summed E-state index contributed by atoms with van der Waals surface area (Å²) < 4.78 is 0.715. The van der Waals surface area contributed by atoms with Gasteiger partial charge in [0.25, 0.3) is 0 Å². The molecule has 0 saturated heterocycles. The van der Waals surface area contributed by atoms with Crippen LogP contribution in [0.15, 0.2) is 30.3 Å². The summed E-state index contributed by atoms with van der Waals surface area (Å²) in [5, 5.41) is -0.417. The summed E-state index contributed by atoms with van der Waals surface area (Å²) in [5.74, 6) is -0.360. The van der Waals surface area contributed by atoms with Gasteiger partial charge in [0.2, 0.25) is 5.91 Å². The normalized spacial score (nSPS) is 11.9. The van der Waals surface area contributed by atoms with E-state index < -0.39 is 5.25 Å². The summed E-state index contributed by atoms with van der Waals surface area (Å²) in [4.78, 5) is 13.6. The molecule has 0 aromatic heterocycles. The Labute approximate surface area is 118 Å². The number of rotatable bonds is 5. The molecule has 2 N–H and O–H groups in total. The van der Waals surface area contributed by atoms with Crippen LogP contribution in [-0.4, -0.2) is 28.2 Å². The second-order valence-corrected chi connectivity index (χ2v) is 5.49. The Balaban J connectivity index is 2.82. The van der Waals surface area contributed by atoms with Crippen molar-refractivity contribution < 1.29 is 4.79 Å². The monoisotopic (exact) mass is 282 g/mol. The lowest BCUT2D eigenvalue weighted by molar-refractivity contribution is -0.117. The summed E-state index contributed by atoms with van der Waals surface area (Å²) >= 11 is 6.70. The zero-order valence-corrected chi connectivity index (χ0v) is 12.3. The van der Waals surface area contributed by atoms with Gasteiger partial charge in [-0.2, -0.15) is 0 Å². The number of benzene rings is 1. The molecule has 98 valence electrons. The van der Waals surface area contributed by atoms with Gasteiger partial charge in [-0.05, 0) is 19.4 Å². The number of hydrogen-bond acceptors (Lipinski definition) is 3. The van der Waals surface area contributed by atoms with Crippen molar-refractivity contribution in [3.8, 4) is 0 Å². The van der Waals surface area contributed by atoms with Gasteiger partial charge in [-0.25, -0.2) is 0 Å². The molecule has 0 fully saturated rings. The first-order valence-electron chi connectivity index (χ1n) is 5.90. The number of thiocarbonyl (C=S) groups is 1. The Morgan fingerprint density at radius 2 is 1.89 bits per heavy atom. The molecule has 0 aliphatic heterocycles. The number of carbonyl (C=O) groups is 1. The SMILES string of the molecule is CCN(CC)C(=S)S[C@H](C(N)=O)c1ccccc1. The van der Waals surface area contributed by atoms with E-state index >= 15 is 0 Å². The van der Waals surface area contributed by atoms with Crippen molar-refractivity contribution in [3.05, 3.63) is 35.9 Å². The number of carbonyl (C=O) groups excluding carboxylic acids is 1. The van der Waals surface area contributed by atoms with Crippen LogP contribution in [0.25, 0.3) is 0 Å². The van der Waals surface area contributed by atoms with E-state index in [1.54, 1.807) is 0 Å². The smallest absolute Gasteiger partial charge is 0.235 e. The van der Waals surface area contributed by atoms with Crippen LogP contribution < -0.4 is 5.73 Å². The van der Waals surface area contributed by atoms with Crippen LogP contribution in [0.5, 0.6) is 0 Å². The minimum atomic E-state index is -0.417. The lowest BCUT2D eigenvalue weighted by Crippen LogP contribution is -2.29. The molecule has 0 unspecified atom stereocenters. The lowest BCUT2D eigenvalue weighted by atomic mass is 10.1. The van der Waals surface area contributed by atoms with Crippen LogP contribution in [0.3, 0.4) is 0 Å². The van der Waals surface area contributed by atoms with Crippen molar-refractivity contribution in [2.45, 2.75) is 19.1 Å². The molecule has 1 atom stereocenters. The van der Waals surface area contributed by atoms with Crippen molar-refractivity contribution >= 4 is 34.2 Å². The van der Waals surface area contributed by atoms with Crippen molar-refractivity contribution in [2.24, 2.45) is 5.73 Å². The number of amides is 1. The molecule has 0 aliphatic rings. The van der Waals surface area contributed by atoms with E-state index in [0.29, 0.717) is 4.32 Å². The second kappa shape index (κ2) is 7.38. The highest BCUT2D eigenvalue weighted by molar-refractivity contribution is 8.23. The zero-order valence-electron chi connectivity index (χ0n) is 10.6. The van der Waals surface area contributed by atoms with Gasteiger partial charge in [0.15, 0.2) is 0 Å². The molecule has 1 rings (SSSR count). The molecule has 0 radical (unpaired) electrons. The maximum atomic E-state index is 11.6. The number of nitrogens with two attached hydrogens (primary N) is 1. The molecule has 1 aromatic carbocycles. The Morgan fingerprint density at radius 1 is 1.33 bits per heavy atom.